The van der Waals surface area contributed by atoms with Crippen molar-refractivity contribution in [1.82, 2.24) is 0 Å². The van der Waals surface area contributed by atoms with Crippen molar-refractivity contribution in [2.24, 2.45) is 0 Å². The largest absolute Gasteiger partial charge is 0.507 e. The maximum absolute atomic E-state index is 13.0. The second-order valence-corrected chi connectivity index (χ2v) is 6.55. The van der Waals surface area contributed by atoms with Crippen LogP contribution in [-0.2, 0) is 0 Å². The van der Waals surface area contributed by atoms with E-state index in [1.807, 2.05) is 0 Å². The van der Waals surface area contributed by atoms with Crippen molar-refractivity contribution in [3.63, 3.8) is 0 Å². The summed E-state index contributed by atoms with van der Waals surface area (Å²) >= 11 is 5.92. The SMILES string of the molecule is COc1ccc(-c2ccc3c(c2O)C(=O)c2cc(Cl)cc(O)c2C3=O)cc1. The Morgan fingerprint density at radius 3 is 2.11 bits per heavy atom. The highest BCUT2D eigenvalue weighted by Crippen LogP contribution is 2.42. The third kappa shape index (κ3) is 2.55. The van der Waals surface area contributed by atoms with E-state index in [9.17, 15) is 19.8 Å². The molecule has 0 aromatic heterocycles. The lowest BCUT2D eigenvalue weighted by atomic mass is 9.81. The van der Waals surface area contributed by atoms with Crippen molar-refractivity contribution in [3.05, 3.63) is 75.8 Å². The smallest absolute Gasteiger partial charge is 0.198 e. The van der Waals surface area contributed by atoms with Crippen LogP contribution in [0.15, 0.2) is 48.5 Å². The van der Waals surface area contributed by atoms with Crippen LogP contribution in [0.2, 0.25) is 5.02 Å². The number of carbonyl (C=O) groups is 2. The number of carbonyl (C=O) groups excluding carboxylic acids is 2. The summed E-state index contributed by atoms with van der Waals surface area (Å²) in [6, 6.07) is 12.5. The minimum absolute atomic E-state index is 0.0281. The zero-order valence-electron chi connectivity index (χ0n) is 14.1. The van der Waals surface area contributed by atoms with Crippen LogP contribution in [-0.4, -0.2) is 28.9 Å². The molecule has 0 radical (unpaired) electrons. The summed E-state index contributed by atoms with van der Waals surface area (Å²) < 4.78 is 5.12. The maximum atomic E-state index is 13.0. The van der Waals surface area contributed by atoms with Gasteiger partial charge >= 0.3 is 0 Å². The second kappa shape index (κ2) is 6.14. The number of ketones is 2. The van der Waals surface area contributed by atoms with Gasteiger partial charge in [0.15, 0.2) is 11.6 Å². The Hall–Kier alpha value is -3.31. The molecule has 0 atom stereocenters. The fourth-order valence-electron chi connectivity index (χ4n) is 3.29. The average Bonchev–Trinajstić information content (AvgIpc) is 2.65. The van der Waals surface area contributed by atoms with Crippen LogP contribution in [0.5, 0.6) is 17.2 Å². The van der Waals surface area contributed by atoms with E-state index in [0.29, 0.717) is 16.9 Å². The molecule has 0 spiro atoms. The summed E-state index contributed by atoms with van der Waals surface area (Å²) in [6.07, 6.45) is 0. The van der Waals surface area contributed by atoms with E-state index in [1.54, 1.807) is 37.4 Å². The van der Waals surface area contributed by atoms with Crippen molar-refractivity contribution < 1.29 is 24.5 Å². The molecule has 0 saturated carbocycles. The summed E-state index contributed by atoms with van der Waals surface area (Å²) in [5.74, 6) is -1.10. The molecule has 1 aliphatic carbocycles. The van der Waals surface area contributed by atoms with Crippen LogP contribution < -0.4 is 4.74 Å². The van der Waals surface area contributed by atoms with E-state index < -0.39 is 11.6 Å². The first-order valence-corrected chi connectivity index (χ1v) is 8.42. The topological polar surface area (TPSA) is 83.8 Å². The van der Waals surface area contributed by atoms with Crippen molar-refractivity contribution >= 4 is 23.2 Å². The number of phenolic OH excluding ortho intramolecular Hbond substituents is 2. The van der Waals surface area contributed by atoms with Crippen molar-refractivity contribution in [3.8, 4) is 28.4 Å². The highest BCUT2D eigenvalue weighted by atomic mass is 35.5. The highest BCUT2D eigenvalue weighted by Gasteiger charge is 2.35. The van der Waals surface area contributed by atoms with Gasteiger partial charge in [-0.15, -0.1) is 0 Å². The van der Waals surface area contributed by atoms with E-state index >= 15 is 0 Å². The van der Waals surface area contributed by atoms with Gasteiger partial charge in [-0.3, -0.25) is 9.59 Å². The van der Waals surface area contributed by atoms with Gasteiger partial charge in [0.2, 0.25) is 0 Å². The Labute approximate surface area is 159 Å². The number of hydrogen-bond donors (Lipinski definition) is 2. The van der Waals surface area contributed by atoms with Crippen molar-refractivity contribution in [2.45, 2.75) is 0 Å². The standard InChI is InChI=1S/C21H13ClO5/c1-27-12-4-2-10(3-5-12)13-6-7-14-18(19(13)24)21(26)15-8-11(22)9-16(23)17(15)20(14)25/h2-9,23-24H,1H3. The lowest BCUT2D eigenvalue weighted by Gasteiger charge is -2.21. The maximum Gasteiger partial charge on any atom is 0.198 e. The molecule has 5 nitrogen and oxygen atoms in total. The first-order chi connectivity index (χ1) is 12.9. The van der Waals surface area contributed by atoms with E-state index in [-0.39, 0.29) is 38.8 Å². The van der Waals surface area contributed by atoms with Gasteiger partial charge in [0, 0.05) is 21.7 Å². The number of halogens is 1. The number of methoxy groups -OCH3 is 1. The molecule has 27 heavy (non-hydrogen) atoms. The van der Waals surface area contributed by atoms with E-state index in [0.717, 1.165) is 0 Å². The summed E-state index contributed by atoms with van der Waals surface area (Å²) in [6.45, 7) is 0. The molecule has 0 heterocycles. The predicted molar refractivity (Wildman–Crippen MR) is 100 cm³/mol. The highest BCUT2D eigenvalue weighted by molar-refractivity contribution is 6.34. The third-order valence-electron chi connectivity index (χ3n) is 4.60. The molecule has 0 aliphatic heterocycles. The Morgan fingerprint density at radius 1 is 0.815 bits per heavy atom. The first kappa shape index (κ1) is 17.1. The molecular weight excluding hydrogens is 368 g/mol. The van der Waals surface area contributed by atoms with Gasteiger partial charge in [0.1, 0.15) is 17.2 Å². The number of fused-ring (bicyclic) bond motifs is 2. The number of benzene rings is 3. The zero-order chi connectivity index (χ0) is 19.3. The number of aromatic hydroxyl groups is 2. The Morgan fingerprint density at radius 2 is 1.44 bits per heavy atom. The van der Waals surface area contributed by atoms with Gasteiger partial charge in [-0.05, 0) is 42.0 Å². The van der Waals surface area contributed by atoms with Gasteiger partial charge in [-0.25, -0.2) is 0 Å². The van der Waals surface area contributed by atoms with Crippen LogP contribution in [0.3, 0.4) is 0 Å². The minimum Gasteiger partial charge on any atom is -0.507 e. The van der Waals surface area contributed by atoms with E-state index in [2.05, 4.69) is 0 Å². The number of rotatable bonds is 2. The molecule has 0 saturated heterocycles. The molecule has 3 aromatic carbocycles. The lowest BCUT2D eigenvalue weighted by molar-refractivity contribution is 0.0974. The molecule has 3 aromatic rings. The number of ether oxygens (including phenoxy) is 1. The summed E-state index contributed by atoms with van der Waals surface area (Å²) in [7, 11) is 1.55. The minimum atomic E-state index is -0.565. The molecule has 1 aliphatic rings. The molecule has 134 valence electrons. The molecule has 0 unspecified atom stereocenters. The van der Waals surface area contributed by atoms with E-state index in [4.69, 9.17) is 16.3 Å². The van der Waals surface area contributed by atoms with Crippen LogP contribution in [0.25, 0.3) is 11.1 Å². The average molecular weight is 381 g/mol. The van der Waals surface area contributed by atoms with Gasteiger partial charge in [0.05, 0.1) is 18.2 Å². The predicted octanol–water partition coefficient (Wildman–Crippen LogP) is 4.20. The summed E-state index contributed by atoms with van der Waals surface area (Å²) in [5, 5.41) is 21.0. The van der Waals surface area contributed by atoms with E-state index in [1.165, 1.54) is 18.2 Å². The van der Waals surface area contributed by atoms with Gasteiger partial charge in [-0.1, -0.05) is 23.7 Å². The third-order valence-corrected chi connectivity index (χ3v) is 4.82. The van der Waals surface area contributed by atoms with Crippen molar-refractivity contribution in [1.29, 1.82) is 0 Å². The van der Waals surface area contributed by atoms with Gasteiger partial charge < -0.3 is 14.9 Å². The monoisotopic (exact) mass is 380 g/mol. The summed E-state index contributed by atoms with van der Waals surface area (Å²) in [4.78, 5) is 25.7. The normalized spacial score (nSPS) is 12.5. The fourth-order valence-corrected chi connectivity index (χ4v) is 3.51. The fraction of sp³-hybridized carbons (Fsp3) is 0.0476. The quantitative estimate of drug-likeness (QED) is 0.544. The molecule has 0 amide bonds. The Kier molecular flexibility index (Phi) is 3.89. The first-order valence-electron chi connectivity index (χ1n) is 8.04. The molecule has 6 heteroatoms. The molecule has 4 rings (SSSR count). The number of hydrogen-bond acceptors (Lipinski definition) is 5. The van der Waals surface area contributed by atoms with Crippen LogP contribution in [0, 0.1) is 0 Å². The second-order valence-electron chi connectivity index (χ2n) is 6.12. The van der Waals surface area contributed by atoms with Crippen molar-refractivity contribution in [2.75, 3.05) is 7.11 Å². The summed E-state index contributed by atoms with van der Waals surface area (Å²) in [5.41, 5.74) is 0.888. The molecular formula is C21H13ClO5. The molecule has 0 fully saturated rings. The van der Waals surface area contributed by atoms with Gasteiger partial charge in [0.25, 0.3) is 0 Å². The lowest BCUT2D eigenvalue weighted by Crippen LogP contribution is -2.21. The van der Waals surface area contributed by atoms with Gasteiger partial charge in [-0.2, -0.15) is 0 Å². The zero-order valence-corrected chi connectivity index (χ0v) is 14.9. The Bertz CT molecular complexity index is 1120. The van der Waals surface area contributed by atoms with Crippen LogP contribution >= 0.6 is 11.6 Å². The van der Waals surface area contributed by atoms with Crippen LogP contribution in [0.4, 0.5) is 0 Å². The Balaban J connectivity index is 1.92. The molecule has 2 N–H and O–H groups in total. The molecule has 0 bridgehead atoms. The number of phenols is 2. The van der Waals surface area contributed by atoms with Crippen LogP contribution in [0.1, 0.15) is 31.8 Å².